The number of ether oxygens (including phenoxy) is 1. The monoisotopic (exact) mass is 362 g/mol. The Bertz CT molecular complexity index is 989. The van der Waals surface area contributed by atoms with Crippen LogP contribution in [0.5, 0.6) is 5.75 Å². The van der Waals surface area contributed by atoms with E-state index in [4.69, 9.17) is 4.74 Å². The van der Waals surface area contributed by atoms with E-state index < -0.39 is 0 Å². The lowest BCUT2D eigenvalue weighted by Crippen LogP contribution is -2.48. The van der Waals surface area contributed by atoms with Crippen LogP contribution in [0.15, 0.2) is 42.7 Å². The zero-order valence-electron chi connectivity index (χ0n) is 15.1. The Morgan fingerprint density at radius 3 is 2.89 bits per heavy atom. The number of carbonyl (C=O) groups is 1. The van der Waals surface area contributed by atoms with Crippen LogP contribution in [0.2, 0.25) is 0 Å². The highest BCUT2D eigenvalue weighted by atomic mass is 16.5. The lowest BCUT2D eigenvalue weighted by atomic mass is 10.1. The Kier molecular flexibility index (Phi) is 4.05. The lowest BCUT2D eigenvalue weighted by molar-refractivity contribution is 0.0628. The lowest BCUT2D eigenvalue weighted by Gasteiger charge is -2.34. The van der Waals surface area contributed by atoms with Crippen molar-refractivity contribution < 1.29 is 9.53 Å². The third-order valence-electron chi connectivity index (χ3n) is 5.49. The maximum absolute atomic E-state index is 12.8. The zero-order chi connectivity index (χ0) is 18.2. The van der Waals surface area contributed by atoms with Crippen LogP contribution < -0.4 is 4.74 Å². The summed E-state index contributed by atoms with van der Waals surface area (Å²) in [5.41, 5.74) is 5.15. The third-order valence-corrected chi connectivity index (χ3v) is 5.49. The van der Waals surface area contributed by atoms with E-state index in [1.54, 1.807) is 6.33 Å². The van der Waals surface area contributed by atoms with Crippen molar-refractivity contribution in [2.75, 3.05) is 32.8 Å². The normalized spacial score (nSPS) is 17.1. The molecule has 0 radical (unpaired) electrons. The van der Waals surface area contributed by atoms with Crippen LogP contribution in [0.4, 0.5) is 0 Å². The number of nitrogens with zero attached hydrogens (tertiary/aromatic N) is 3. The van der Waals surface area contributed by atoms with Gasteiger partial charge in [0.25, 0.3) is 5.91 Å². The number of piperazine rings is 1. The molecule has 1 amide bonds. The molecule has 2 aliphatic heterocycles. The summed E-state index contributed by atoms with van der Waals surface area (Å²) < 4.78 is 5.58. The molecule has 0 unspecified atom stereocenters. The number of amides is 1. The van der Waals surface area contributed by atoms with Crippen molar-refractivity contribution in [1.29, 1.82) is 0 Å². The molecule has 1 N–H and O–H groups in total. The molecule has 3 aromatic rings. The van der Waals surface area contributed by atoms with Crippen LogP contribution >= 0.6 is 0 Å². The summed E-state index contributed by atoms with van der Waals surface area (Å²) in [6.45, 7) is 5.03. The smallest absolute Gasteiger partial charge is 0.254 e. The van der Waals surface area contributed by atoms with Gasteiger partial charge in [-0.1, -0.05) is 12.1 Å². The van der Waals surface area contributed by atoms with Gasteiger partial charge >= 0.3 is 0 Å². The molecule has 138 valence electrons. The largest absolute Gasteiger partial charge is 0.493 e. The molecule has 2 aromatic carbocycles. The van der Waals surface area contributed by atoms with Gasteiger partial charge in [0.2, 0.25) is 0 Å². The van der Waals surface area contributed by atoms with E-state index in [-0.39, 0.29) is 5.91 Å². The van der Waals surface area contributed by atoms with Gasteiger partial charge in [0, 0.05) is 44.7 Å². The van der Waals surface area contributed by atoms with Crippen LogP contribution in [0.3, 0.4) is 0 Å². The molecule has 0 atom stereocenters. The van der Waals surface area contributed by atoms with Gasteiger partial charge in [-0.15, -0.1) is 0 Å². The molecular weight excluding hydrogens is 340 g/mol. The maximum Gasteiger partial charge on any atom is 0.254 e. The molecule has 0 spiro atoms. The minimum atomic E-state index is 0.0980. The first-order valence-corrected chi connectivity index (χ1v) is 9.46. The standard InChI is InChI=1S/C21H22N4O2/c26-21(17-2-3-18-19(12-17)23-14-22-18)25-8-6-24(7-9-25)13-15-1-4-20-16(11-15)5-10-27-20/h1-4,11-12,14H,5-10,13H2,(H,22,23). The van der Waals surface area contributed by atoms with Gasteiger partial charge in [-0.05, 0) is 35.4 Å². The molecule has 0 saturated carbocycles. The van der Waals surface area contributed by atoms with Gasteiger partial charge in [-0.3, -0.25) is 9.69 Å². The quantitative estimate of drug-likeness (QED) is 0.778. The number of benzene rings is 2. The fraction of sp³-hybridized carbons (Fsp3) is 0.333. The second kappa shape index (κ2) is 6.70. The zero-order valence-corrected chi connectivity index (χ0v) is 15.1. The van der Waals surface area contributed by atoms with Gasteiger partial charge in [0.1, 0.15) is 5.75 Å². The van der Waals surface area contributed by atoms with E-state index in [0.717, 1.165) is 68.1 Å². The topological polar surface area (TPSA) is 61.5 Å². The summed E-state index contributed by atoms with van der Waals surface area (Å²) in [6, 6.07) is 12.2. The first-order chi connectivity index (χ1) is 13.3. The van der Waals surface area contributed by atoms with Crippen molar-refractivity contribution in [2.24, 2.45) is 0 Å². The van der Waals surface area contributed by atoms with Crippen molar-refractivity contribution >= 4 is 16.9 Å². The summed E-state index contributed by atoms with van der Waals surface area (Å²) in [5.74, 6) is 1.13. The van der Waals surface area contributed by atoms with Gasteiger partial charge in [-0.25, -0.2) is 4.98 Å². The van der Waals surface area contributed by atoms with Gasteiger partial charge < -0.3 is 14.6 Å². The van der Waals surface area contributed by atoms with Crippen molar-refractivity contribution in [1.82, 2.24) is 19.8 Å². The van der Waals surface area contributed by atoms with Gasteiger partial charge in [0.05, 0.1) is 24.0 Å². The highest BCUT2D eigenvalue weighted by Gasteiger charge is 2.23. The molecule has 27 heavy (non-hydrogen) atoms. The minimum absolute atomic E-state index is 0.0980. The number of carbonyl (C=O) groups excluding carboxylic acids is 1. The van der Waals surface area contributed by atoms with E-state index in [2.05, 4.69) is 33.1 Å². The van der Waals surface area contributed by atoms with E-state index >= 15 is 0 Å². The highest BCUT2D eigenvalue weighted by molar-refractivity contribution is 5.97. The second-order valence-corrected chi connectivity index (χ2v) is 7.24. The van der Waals surface area contributed by atoms with E-state index in [1.165, 1.54) is 11.1 Å². The minimum Gasteiger partial charge on any atom is -0.493 e. The molecule has 3 heterocycles. The van der Waals surface area contributed by atoms with Crippen LogP contribution in [0, 0.1) is 0 Å². The van der Waals surface area contributed by atoms with E-state index in [0.29, 0.717) is 0 Å². The number of rotatable bonds is 3. The summed E-state index contributed by atoms with van der Waals surface area (Å²) in [6.07, 6.45) is 2.66. The van der Waals surface area contributed by atoms with Gasteiger partial charge in [0.15, 0.2) is 0 Å². The number of aromatic nitrogens is 2. The average Bonchev–Trinajstić information content (AvgIpc) is 3.36. The average molecular weight is 362 g/mol. The number of hydrogen-bond acceptors (Lipinski definition) is 4. The van der Waals surface area contributed by atoms with Crippen LogP contribution in [-0.2, 0) is 13.0 Å². The first-order valence-electron chi connectivity index (χ1n) is 9.46. The number of hydrogen-bond donors (Lipinski definition) is 1. The molecule has 6 heteroatoms. The summed E-state index contributed by atoms with van der Waals surface area (Å²) >= 11 is 0. The summed E-state index contributed by atoms with van der Waals surface area (Å²) in [5, 5.41) is 0. The Hall–Kier alpha value is -2.86. The molecule has 2 aliphatic rings. The Labute approximate surface area is 157 Å². The molecule has 1 fully saturated rings. The maximum atomic E-state index is 12.8. The number of imidazole rings is 1. The molecule has 0 bridgehead atoms. The van der Waals surface area contributed by atoms with E-state index in [9.17, 15) is 4.79 Å². The molecule has 6 nitrogen and oxygen atoms in total. The molecular formula is C21H22N4O2. The Morgan fingerprint density at radius 1 is 1.11 bits per heavy atom. The molecule has 0 aliphatic carbocycles. The third kappa shape index (κ3) is 3.17. The van der Waals surface area contributed by atoms with E-state index in [1.807, 2.05) is 23.1 Å². The first kappa shape index (κ1) is 16.3. The Morgan fingerprint density at radius 2 is 2.00 bits per heavy atom. The number of nitrogens with one attached hydrogen (secondary N) is 1. The van der Waals surface area contributed by atoms with Crippen molar-refractivity contribution in [3.63, 3.8) is 0 Å². The van der Waals surface area contributed by atoms with Gasteiger partial charge in [-0.2, -0.15) is 0 Å². The van der Waals surface area contributed by atoms with Crippen LogP contribution in [0.1, 0.15) is 21.5 Å². The van der Waals surface area contributed by atoms with Crippen molar-refractivity contribution in [3.8, 4) is 5.75 Å². The number of aromatic amines is 1. The van der Waals surface area contributed by atoms with Crippen molar-refractivity contribution in [3.05, 3.63) is 59.4 Å². The van der Waals surface area contributed by atoms with Crippen LogP contribution in [0.25, 0.3) is 11.0 Å². The summed E-state index contributed by atoms with van der Waals surface area (Å²) in [4.78, 5) is 24.5. The van der Waals surface area contributed by atoms with Crippen LogP contribution in [-0.4, -0.2) is 58.5 Å². The number of H-pyrrole nitrogens is 1. The molecule has 5 rings (SSSR count). The fourth-order valence-electron chi connectivity index (χ4n) is 3.96. The van der Waals surface area contributed by atoms with Crippen molar-refractivity contribution in [2.45, 2.75) is 13.0 Å². The predicted octanol–water partition coefficient (Wildman–Crippen LogP) is 2.46. The second-order valence-electron chi connectivity index (χ2n) is 7.24. The summed E-state index contributed by atoms with van der Waals surface area (Å²) in [7, 11) is 0. The SMILES string of the molecule is O=C(c1ccc2nc[nH]c2c1)N1CCN(Cc2ccc3c(c2)CCO3)CC1. The molecule has 1 aromatic heterocycles. The Balaban J connectivity index is 1.21. The fourth-order valence-corrected chi connectivity index (χ4v) is 3.96. The molecule has 1 saturated heterocycles. The predicted molar refractivity (Wildman–Crippen MR) is 103 cm³/mol. The highest BCUT2D eigenvalue weighted by Crippen LogP contribution is 2.26. The number of fused-ring (bicyclic) bond motifs is 2.